The maximum Gasteiger partial charge on any atom is 0.357 e. The summed E-state index contributed by atoms with van der Waals surface area (Å²) in [6.45, 7) is 5.89. The van der Waals surface area contributed by atoms with E-state index in [1.807, 2.05) is 19.9 Å². The first kappa shape index (κ1) is 10.6. The zero-order chi connectivity index (χ0) is 11.7. The van der Waals surface area contributed by atoms with Crippen molar-refractivity contribution in [2.45, 2.75) is 20.8 Å². The first-order valence-electron chi connectivity index (χ1n) is 5.13. The lowest BCUT2D eigenvalue weighted by Gasteiger charge is -2.03. The van der Waals surface area contributed by atoms with Crippen molar-refractivity contribution in [3.05, 3.63) is 29.2 Å². The first-order valence-corrected chi connectivity index (χ1v) is 5.13. The fraction of sp³-hybridized carbons (Fsp3) is 0.364. The second-order valence-corrected chi connectivity index (χ2v) is 3.56. The van der Waals surface area contributed by atoms with Gasteiger partial charge >= 0.3 is 5.97 Å². The third-order valence-electron chi connectivity index (χ3n) is 2.21. The summed E-state index contributed by atoms with van der Waals surface area (Å²) in [6, 6.07) is 3.51. The number of aryl methyl sites for hydroxylation is 2. The minimum Gasteiger partial charge on any atom is -0.461 e. The Balaban J connectivity index is 2.53. The molecule has 0 aromatic carbocycles. The van der Waals surface area contributed by atoms with Gasteiger partial charge in [0.15, 0.2) is 11.3 Å². The number of hydrogen-bond donors (Lipinski definition) is 0. The molecule has 0 radical (unpaired) electrons. The Hall–Kier alpha value is -1.91. The number of nitrogens with zero attached hydrogens (tertiary/aromatic N) is 3. The zero-order valence-electron chi connectivity index (χ0n) is 9.52. The van der Waals surface area contributed by atoms with Crippen molar-refractivity contribution in [2.75, 3.05) is 6.61 Å². The molecule has 0 aliphatic heterocycles. The lowest BCUT2D eigenvalue weighted by Crippen LogP contribution is -2.09. The van der Waals surface area contributed by atoms with Gasteiger partial charge in [-0.15, -0.1) is 0 Å². The number of fused-ring (bicyclic) bond motifs is 1. The molecule has 5 nitrogen and oxygen atoms in total. The van der Waals surface area contributed by atoms with Gasteiger partial charge < -0.3 is 4.74 Å². The Morgan fingerprint density at radius 1 is 1.44 bits per heavy atom. The van der Waals surface area contributed by atoms with Gasteiger partial charge in [0, 0.05) is 11.8 Å². The van der Waals surface area contributed by atoms with Crippen LogP contribution in [0.4, 0.5) is 0 Å². The number of esters is 1. The first-order chi connectivity index (χ1) is 7.61. The van der Waals surface area contributed by atoms with Crippen LogP contribution in [0.15, 0.2) is 12.1 Å². The number of aromatic nitrogens is 3. The minimum absolute atomic E-state index is 0.326. The lowest BCUT2D eigenvalue weighted by atomic mass is 10.3. The number of carbonyl (C=O) groups is 1. The molecule has 0 spiro atoms. The van der Waals surface area contributed by atoms with Crippen LogP contribution in [-0.2, 0) is 4.74 Å². The molecule has 0 amide bonds. The second-order valence-electron chi connectivity index (χ2n) is 3.56. The van der Waals surface area contributed by atoms with Crippen LogP contribution in [0, 0.1) is 13.8 Å². The molecular formula is C11H13N3O2. The van der Waals surface area contributed by atoms with Gasteiger partial charge in [-0.2, -0.15) is 5.10 Å². The average molecular weight is 219 g/mol. The average Bonchev–Trinajstić information content (AvgIpc) is 2.59. The van der Waals surface area contributed by atoms with E-state index in [1.54, 1.807) is 17.5 Å². The molecule has 2 aromatic heterocycles. The van der Waals surface area contributed by atoms with Gasteiger partial charge in [0.1, 0.15) is 0 Å². The van der Waals surface area contributed by atoms with E-state index >= 15 is 0 Å². The molecule has 0 atom stereocenters. The summed E-state index contributed by atoms with van der Waals surface area (Å²) in [5.74, 6) is -0.396. The van der Waals surface area contributed by atoms with Crippen molar-refractivity contribution < 1.29 is 9.53 Å². The highest BCUT2D eigenvalue weighted by atomic mass is 16.5. The molecule has 84 valence electrons. The van der Waals surface area contributed by atoms with Crippen LogP contribution in [0.1, 0.15) is 28.8 Å². The molecule has 2 aromatic rings. The topological polar surface area (TPSA) is 56.5 Å². The van der Waals surface area contributed by atoms with E-state index < -0.39 is 5.97 Å². The Labute approximate surface area is 93.1 Å². The van der Waals surface area contributed by atoms with E-state index in [-0.39, 0.29) is 0 Å². The van der Waals surface area contributed by atoms with Gasteiger partial charge in [-0.25, -0.2) is 14.3 Å². The highest BCUT2D eigenvalue weighted by Crippen LogP contribution is 2.09. The number of rotatable bonds is 2. The molecule has 0 saturated carbocycles. The maximum absolute atomic E-state index is 11.5. The van der Waals surface area contributed by atoms with E-state index in [9.17, 15) is 4.79 Å². The summed E-state index contributed by atoms with van der Waals surface area (Å²) in [5.41, 5.74) is 2.73. The van der Waals surface area contributed by atoms with Crippen LogP contribution in [-0.4, -0.2) is 27.2 Å². The van der Waals surface area contributed by atoms with Crippen molar-refractivity contribution >= 4 is 11.6 Å². The standard InChI is InChI=1S/C11H13N3O2/c1-4-16-11(15)9-6-8(3)14-10(12-9)5-7(2)13-14/h5-6H,4H2,1-3H3. The second kappa shape index (κ2) is 3.92. The Kier molecular flexibility index (Phi) is 2.60. The van der Waals surface area contributed by atoms with Crippen molar-refractivity contribution in [1.29, 1.82) is 0 Å². The molecule has 0 fully saturated rings. The summed E-state index contributed by atoms with van der Waals surface area (Å²) in [7, 11) is 0. The molecule has 2 heterocycles. The summed E-state index contributed by atoms with van der Waals surface area (Å²) >= 11 is 0. The fourth-order valence-corrected chi connectivity index (χ4v) is 1.55. The van der Waals surface area contributed by atoms with Crippen LogP contribution < -0.4 is 0 Å². The summed E-state index contributed by atoms with van der Waals surface area (Å²) in [5, 5.41) is 4.26. The highest BCUT2D eigenvalue weighted by Gasteiger charge is 2.12. The van der Waals surface area contributed by atoms with Gasteiger partial charge in [0.05, 0.1) is 12.3 Å². The number of carbonyl (C=O) groups excluding carboxylic acids is 1. The monoisotopic (exact) mass is 219 g/mol. The van der Waals surface area contributed by atoms with Crippen LogP contribution >= 0.6 is 0 Å². The number of hydrogen-bond acceptors (Lipinski definition) is 4. The van der Waals surface area contributed by atoms with Gasteiger partial charge in [-0.1, -0.05) is 0 Å². The van der Waals surface area contributed by atoms with Gasteiger partial charge in [-0.3, -0.25) is 0 Å². The third kappa shape index (κ3) is 1.76. The molecule has 0 N–H and O–H groups in total. The largest absolute Gasteiger partial charge is 0.461 e. The summed E-state index contributed by atoms with van der Waals surface area (Å²) in [4.78, 5) is 15.7. The third-order valence-corrected chi connectivity index (χ3v) is 2.21. The van der Waals surface area contributed by atoms with Crippen LogP contribution in [0.25, 0.3) is 5.65 Å². The van der Waals surface area contributed by atoms with E-state index in [2.05, 4.69) is 10.1 Å². The highest BCUT2D eigenvalue weighted by molar-refractivity contribution is 5.87. The van der Waals surface area contributed by atoms with Crippen LogP contribution in [0.3, 0.4) is 0 Å². The van der Waals surface area contributed by atoms with Crippen molar-refractivity contribution in [3.63, 3.8) is 0 Å². The SMILES string of the molecule is CCOC(=O)c1cc(C)n2nc(C)cc2n1. The quantitative estimate of drug-likeness (QED) is 0.718. The zero-order valence-corrected chi connectivity index (χ0v) is 9.52. The molecule has 5 heteroatoms. The summed E-state index contributed by atoms with van der Waals surface area (Å²) < 4.78 is 6.61. The van der Waals surface area contributed by atoms with E-state index in [4.69, 9.17) is 4.74 Å². The van der Waals surface area contributed by atoms with E-state index in [0.29, 0.717) is 17.9 Å². The maximum atomic E-state index is 11.5. The molecule has 0 aliphatic rings. The Morgan fingerprint density at radius 2 is 2.19 bits per heavy atom. The van der Waals surface area contributed by atoms with Crippen molar-refractivity contribution in [1.82, 2.24) is 14.6 Å². The van der Waals surface area contributed by atoms with E-state index in [0.717, 1.165) is 11.4 Å². The van der Waals surface area contributed by atoms with E-state index in [1.165, 1.54) is 0 Å². The lowest BCUT2D eigenvalue weighted by molar-refractivity contribution is 0.0519. The molecular weight excluding hydrogens is 206 g/mol. The molecule has 16 heavy (non-hydrogen) atoms. The predicted octanol–water partition coefficient (Wildman–Crippen LogP) is 1.52. The van der Waals surface area contributed by atoms with Crippen molar-refractivity contribution in [3.8, 4) is 0 Å². The Bertz CT molecular complexity index is 545. The van der Waals surface area contributed by atoms with Gasteiger partial charge in [0.25, 0.3) is 0 Å². The van der Waals surface area contributed by atoms with Crippen molar-refractivity contribution in [2.24, 2.45) is 0 Å². The summed E-state index contributed by atoms with van der Waals surface area (Å²) in [6.07, 6.45) is 0. The molecule has 0 bridgehead atoms. The molecule has 2 rings (SSSR count). The number of ether oxygens (including phenoxy) is 1. The van der Waals surface area contributed by atoms with Gasteiger partial charge in [-0.05, 0) is 26.8 Å². The Morgan fingerprint density at radius 3 is 2.88 bits per heavy atom. The van der Waals surface area contributed by atoms with Gasteiger partial charge in [0.2, 0.25) is 0 Å². The normalized spacial score (nSPS) is 10.7. The smallest absolute Gasteiger partial charge is 0.357 e. The molecule has 0 unspecified atom stereocenters. The van der Waals surface area contributed by atoms with Crippen LogP contribution in [0.2, 0.25) is 0 Å². The predicted molar refractivity (Wildman–Crippen MR) is 58.4 cm³/mol. The fourth-order valence-electron chi connectivity index (χ4n) is 1.55. The van der Waals surface area contributed by atoms with Crippen LogP contribution in [0.5, 0.6) is 0 Å². The molecule has 0 aliphatic carbocycles. The molecule has 0 saturated heterocycles. The minimum atomic E-state index is -0.396.